The number of fused-ring (bicyclic) bond motifs is 1. The fourth-order valence-electron chi connectivity index (χ4n) is 1.53. The number of hydrogen-bond donors (Lipinski definition) is 1. The topological polar surface area (TPSA) is 63.4 Å². The predicted octanol–water partition coefficient (Wildman–Crippen LogP) is 1.05. The molecule has 0 unspecified atom stereocenters. The lowest BCUT2D eigenvalue weighted by atomic mass is 10.0. The largest absolute Gasteiger partial charge is 0.366 e. The number of carbonyl (C=O) groups is 2. The maximum absolute atomic E-state index is 11.5. The minimum atomic E-state index is -0.502. The van der Waals surface area contributed by atoms with Crippen molar-refractivity contribution in [3.05, 3.63) is 34.9 Å². The number of carbonyl (C=O) groups excluding carboxylic acids is 2. The van der Waals surface area contributed by atoms with Gasteiger partial charge in [0.05, 0.1) is 22.7 Å². The maximum atomic E-state index is 11.5. The van der Waals surface area contributed by atoms with E-state index in [4.69, 9.17) is 5.73 Å². The average molecular weight is 255 g/mol. The van der Waals surface area contributed by atoms with Gasteiger partial charge >= 0.3 is 0 Å². The van der Waals surface area contributed by atoms with Crippen LogP contribution in [0.5, 0.6) is 0 Å². The molecule has 0 saturated carbocycles. The van der Waals surface area contributed by atoms with Gasteiger partial charge in [-0.3, -0.25) is 13.5 Å². The zero-order valence-electron chi connectivity index (χ0n) is 7.16. The first-order valence-electron chi connectivity index (χ1n) is 4.00. The second-order valence-corrected chi connectivity index (χ2v) is 3.88. The lowest BCUT2D eigenvalue weighted by Gasteiger charge is -2.02. The van der Waals surface area contributed by atoms with Crippen molar-refractivity contribution in [1.82, 2.24) is 3.93 Å². The van der Waals surface area contributed by atoms with Gasteiger partial charge in [-0.25, -0.2) is 0 Å². The van der Waals surface area contributed by atoms with E-state index in [2.05, 4.69) is 16.1 Å². The molecule has 2 amide bonds. The molecule has 1 aliphatic rings. The van der Waals surface area contributed by atoms with Crippen LogP contribution >= 0.6 is 16.1 Å². The summed E-state index contributed by atoms with van der Waals surface area (Å²) >= 11 is 3.10. The van der Waals surface area contributed by atoms with Gasteiger partial charge in [0.25, 0.3) is 5.91 Å². The normalized spacial score (nSPS) is 14.4. The van der Waals surface area contributed by atoms with Crippen molar-refractivity contribution in [3.8, 4) is 0 Å². The fourth-order valence-corrected chi connectivity index (χ4v) is 1.97. The van der Waals surface area contributed by atoms with Crippen LogP contribution in [0.15, 0.2) is 18.2 Å². The highest BCUT2D eigenvalue weighted by atomic mass is 79.9. The maximum Gasteiger partial charge on any atom is 0.264 e. The molecule has 0 aliphatic carbocycles. The van der Waals surface area contributed by atoms with E-state index in [0.29, 0.717) is 23.2 Å². The van der Waals surface area contributed by atoms with Gasteiger partial charge in [-0.2, -0.15) is 0 Å². The molecule has 0 aromatic heterocycles. The molecule has 2 N–H and O–H groups in total. The second kappa shape index (κ2) is 3.09. The van der Waals surface area contributed by atoms with Gasteiger partial charge in [0.15, 0.2) is 0 Å². The molecule has 0 spiro atoms. The molecule has 5 heteroatoms. The molecule has 2 rings (SSSR count). The van der Waals surface area contributed by atoms with Gasteiger partial charge in [0, 0.05) is 11.1 Å². The first kappa shape index (κ1) is 9.21. The Balaban J connectivity index is 2.61. The summed E-state index contributed by atoms with van der Waals surface area (Å²) in [4.78, 5) is 22.5. The van der Waals surface area contributed by atoms with E-state index >= 15 is 0 Å². The number of benzene rings is 1. The van der Waals surface area contributed by atoms with Gasteiger partial charge in [0.2, 0.25) is 5.91 Å². The molecular weight excluding hydrogens is 248 g/mol. The van der Waals surface area contributed by atoms with Gasteiger partial charge in [0.1, 0.15) is 0 Å². The number of amides is 2. The Morgan fingerprint density at radius 1 is 1.50 bits per heavy atom. The van der Waals surface area contributed by atoms with Gasteiger partial charge in [-0.15, -0.1) is 0 Å². The zero-order valence-corrected chi connectivity index (χ0v) is 8.74. The highest BCUT2D eigenvalue weighted by molar-refractivity contribution is 9.07. The summed E-state index contributed by atoms with van der Waals surface area (Å²) in [7, 11) is 0. The van der Waals surface area contributed by atoms with Crippen molar-refractivity contribution in [2.75, 3.05) is 0 Å². The van der Waals surface area contributed by atoms with E-state index < -0.39 is 5.91 Å². The molecule has 0 saturated heterocycles. The Morgan fingerprint density at radius 2 is 2.21 bits per heavy atom. The standard InChI is InChI=1S/C9H7BrN2O2/c10-12-4-7-5(8(11)13)2-1-3-6(7)9(12)14/h1-3H,4H2,(H2,11,13). The zero-order chi connectivity index (χ0) is 10.3. The van der Waals surface area contributed by atoms with Crippen molar-refractivity contribution in [2.24, 2.45) is 5.73 Å². The summed E-state index contributed by atoms with van der Waals surface area (Å²) in [6.07, 6.45) is 0. The molecule has 1 aromatic rings. The molecule has 0 radical (unpaired) electrons. The molecule has 4 nitrogen and oxygen atoms in total. The molecular formula is C9H7BrN2O2. The SMILES string of the molecule is NC(=O)c1cccc2c1CN(Br)C2=O. The summed E-state index contributed by atoms with van der Waals surface area (Å²) < 4.78 is 1.38. The third-order valence-corrected chi connectivity index (χ3v) is 2.76. The molecule has 0 bridgehead atoms. The first-order valence-corrected chi connectivity index (χ1v) is 4.71. The number of nitrogens with two attached hydrogens (primary N) is 1. The predicted molar refractivity (Wildman–Crippen MR) is 53.8 cm³/mol. The van der Waals surface area contributed by atoms with Crippen LogP contribution < -0.4 is 5.73 Å². The monoisotopic (exact) mass is 254 g/mol. The van der Waals surface area contributed by atoms with Crippen molar-refractivity contribution < 1.29 is 9.59 Å². The van der Waals surface area contributed by atoms with Crippen LogP contribution in [-0.4, -0.2) is 15.7 Å². The number of nitrogens with zero attached hydrogens (tertiary/aromatic N) is 1. The van der Waals surface area contributed by atoms with E-state index in [9.17, 15) is 9.59 Å². The van der Waals surface area contributed by atoms with Gasteiger partial charge in [-0.1, -0.05) is 6.07 Å². The van der Waals surface area contributed by atoms with Crippen molar-refractivity contribution in [1.29, 1.82) is 0 Å². The number of rotatable bonds is 1. The molecule has 1 aromatic carbocycles. The number of halogens is 1. The molecule has 0 fully saturated rings. The van der Waals surface area contributed by atoms with Crippen molar-refractivity contribution in [3.63, 3.8) is 0 Å². The Labute approximate surface area is 89.0 Å². The third kappa shape index (κ3) is 1.21. The van der Waals surface area contributed by atoms with E-state index in [0.717, 1.165) is 0 Å². The number of primary amides is 1. The quantitative estimate of drug-likeness (QED) is 0.762. The van der Waals surface area contributed by atoms with Crippen LogP contribution in [0.2, 0.25) is 0 Å². The molecule has 14 heavy (non-hydrogen) atoms. The lowest BCUT2D eigenvalue weighted by Crippen LogP contribution is -2.13. The molecule has 72 valence electrons. The molecule has 1 heterocycles. The van der Waals surface area contributed by atoms with Crippen LogP contribution in [0.1, 0.15) is 26.3 Å². The van der Waals surface area contributed by atoms with Crippen LogP contribution in [0, 0.1) is 0 Å². The summed E-state index contributed by atoms with van der Waals surface area (Å²) in [6.45, 7) is 0.382. The van der Waals surface area contributed by atoms with Crippen LogP contribution in [-0.2, 0) is 6.54 Å². The smallest absolute Gasteiger partial charge is 0.264 e. The molecule has 0 atom stereocenters. The number of hydrogen-bond acceptors (Lipinski definition) is 2. The van der Waals surface area contributed by atoms with Crippen molar-refractivity contribution >= 4 is 28.0 Å². The summed E-state index contributed by atoms with van der Waals surface area (Å²) in [5.74, 6) is -0.638. The highest BCUT2D eigenvalue weighted by Crippen LogP contribution is 2.27. The van der Waals surface area contributed by atoms with Gasteiger partial charge < -0.3 is 5.73 Å². The Bertz CT molecular complexity index is 431. The highest BCUT2D eigenvalue weighted by Gasteiger charge is 2.28. The van der Waals surface area contributed by atoms with Crippen LogP contribution in [0.4, 0.5) is 0 Å². The van der Waals surface area contributed by atoms with Crippen molar-refractivity contribution in [2.45, 2.75) is 6.54 Å². The lowest BCUT2D eigenvalue weighted by molar-refractivity contribution is 0.0895. The minimum absolute atomic E-state index is 0.136. The fraction of sp³-hybridized carbons (Fsp3) is 0.111. The summed E-state index contributed by atoms with van der Waals surface area (Å²) in [5, 5.41) is 0. The van der Waals surface area contributed by atoms with Crippen LogP contribution in [0.3, 0.4) is 0 Å². The Hall–Kier alpha value is -1.36. The summed E-state index contributed by atoms with van der Waals surface area (Å²) in [5.41, 5.74) is 6.84. The minimum Gasteiger partial charge on any atom is -0.366 e. The third-order valence-electron chi connectivity index (χ3n) is 2.19. The van der Waals surface area contributed by atoms with E-state index in [1.807, 2.05) is 0 Å². The van der Waals surface area contributed by atoms with E-state index in [-0.39, 0.29) is 5.91 Å². The second-order valence-electron chi connectivity index (χ2n) is 3.02. The summed E-state index contributed by atoms with van der Waals surface area (Å²) in [6, 6.07) is 4.97. The Kier molecular flexibility index (Phi) is 2.03. The van der Waals surface area contributed by atoms with E-state index in [1.54, 1.807) is 18.2 Å². The van der Waals surface area contributed by atoms with Crippen LogP contribution in [0.25, 0.3) is 0 Å². The average Bonchev–Trinajstić information content (AvgIpc) is 2.43. The van der Waals surface area contributed by atoms with E-state index in [1.165, 1.54) is 3.93 Å². The molecule has 1 aliphatic heterocycles. The first-order chi connectivity index (χ1) is 6.61. The van der Waals surface area contributed by atoms with Gasteiger partial charge in [-0.05, 0) is 17.7 Å². The Morgan fingerprint density at radius 3 is 2.86 bits per heavy atom.